The smallest absolute Gasteiger partial charge is 0.207 e. The fraction of sp³-hybridized carbons (Fsp3) is 0.400. The highest BCUT2D eigenvalue weighted by Gasteiger charge is 2.38. The van der Waals surface area contributed by atoms with Crippen LogP contribution in [-0.4, -0.2) is 37.3 Å². The zero-order valence-corrected chi connectivity index (χ0v) is 13.6. The summed E-state index contributed by atoms with van der Waals surface area (Å²) in [5.41, 5.74) is 0.427. The quantitative estimate of drug-likeness (QED) is 0.718. The highest BCUT2D eigenvalue weighted by molar-refractivity contribution is 9.09. The molecule has 116 valence electrons. The van der Waals surface area contributed by atoms with E-state index in [4.69, 9.17) is 0 Å². The van der Waals surface area contributed by atoms with Gasteiger partial charge in [-0.3, -0.25) is 0 Å². The lowest BCUT2D eigenvalue weighted by molar-refractivity contribution is -0.135. The largest absolute Gasteiger partial charge is 0.402 e. The SMILES string of the molecule is O=S(=O)(c1cccc2c1N=S=N2)N(CCBr)CC(F)(F)F. The Morgan fingerprint density at radius 3 is 2.62 bits per heavy atom. The summed E-state index contributed by atoms with van der Waals surface area (Å²) in [6.45, 7) is -1.84. The minimum atomic E-state index is -4.62. The van der Waals surface area contributed by atoms with E-state index in [0.717, 1.165) is 11.4 Å². The van der Waals surface area contributed by atoms with Gasteiger partial charge >= 0.3 is 6.18 Å². The Morgan fingerprint density at radius 2 is 2.00 bits per heavy atom. The van der Waals surface area contributed by atoms with Crippen molar-refractivity contribution in [1.29, 1.82) is 0 Å². The van der Waals surface area contributed by atoms with Gasteiger partial charge in [0.25, 0.3) is 0 Å². The first-order valence-electron chi connectivity index (χ1n) is 5.60. The molecule has 11 heteroatoms. The second kappa shape index (κ2) is 6.15. The predicted molar refractivity (Wildman–Crippen MR) is 76.6 cm³/mol. The summed E-state index contributed by atoms with van der Waals surface area (Å²) < 4.78 is 70.8. The zero-order chi connectivity index (χ0) is 15.7. The number of hydrogen-bond donors (Lipinski definition) is 0. The third kappa shape index (κ3) is 3.71. The molecule has 0 bridgehead atoms. The lowest BCUT2D eigenvalue weighted by atomic mass is 10.3. The van der Waals surface area contributed by atoms with E-state index in [1.165, 1.54) is 12.1 Å². The van der Waals surface area contributed by atoms with Crippen molar-refractivity contribution < 1.29 is 21.6 Å². The van der Waals surface area contributed by atoms with Crippen LogP contribution in [0.4, 0.5) is 24.5 Å². The van der Waals surface area contributed by atoms with Gasteiger partial charge in [0.05, 0.1) is 11.4 Å². The van der Waals surface area contributed by atoms with E-state index in [2.05, 4.69) is 24.7 Å². The van der Waals surface area contributed by atoms with Crippen LogP contribution < -0.4 is 0 Å². The van der Waals surface area contributed by atoms with Crippen molar-refractivity contribution in [2.45, 2.75) is 11.1 Å². The van der Waals surface area contributed by atoms with Crippen LogP contribution in [0, 0.1) is 0 Å². The fourth-order valence-electron chi connectivity index (χ4n) is 1.71. The molecule has 0 amide bonds. The fourth-order valence-corrected chi connectivity index (χ4v) is 4.55. The van der Waals surface area contributed by atoms with Crippen molar-refractivity contribution in [1.82, 2.24) is 4.31 Å². The molecule has 0 aliphatic carbocycles. The Bertz CT molecular complexity index is 715. The summed E-state index contributed by atoms with van der Waals surface area (Å²) in [6, 6.07) is 4.21. The molecule has 0 aromatic heterocycles. The summed E-state index contributed by atoms with van der Waals surface area (Å²) in [5.74, 6) is 0. The normalized spacial score (nSPS) is 14.3. The molecule has 0 spiro atoms. The number of benzene rings is 1. The average molecular weight is 404 g/mol. The summed E-state index contributed by atoms with van der Waals surface area (Å²) in [4.78, 5) is -0.265. The molecule has 0 radical (unpaired) electrons. The molecule has 5 nitrogen and oxygen atoms in total. The molecule has 21 heavy (non-hydrogen) atoms. The van der Waals surface area contributed by atoms with Crippen LogP contribution in [0.25, 0.3) is 0 Å². The van der Waals surface area contributed by atoms with Crippen molar-refractivity contribution in [2.24, 2.45) is 8.73 Å². The standard InChI is InChI=1S/C10H9BrF3N3O2S2/c11-4-5-17(6-10(12,13)14)21(18,19)8-3-1-2-7-9(8)16-20-15-7/h1-3H,4-6H2. The molecule has 0 N–H and O–H groups in total. The number of rotatable bonds is 5. The Labute approximate surface area is 131 Å². The van der Waals surface area contributed by atoms with Crippen LogP contribution in [0.1, 0.15) is 0 Å². The second-order valence-electron chi connectivity index (χ2n) is 4.03. The Hall–Kier alpha value is -0.780. The number of alkyl halides is 4. The average Bonchev–Trinajstić information content (AvgIpc) is 2.84. The number of nitrogens with zero attached hydrogens (tertiary/aromatic N) is 3. The van der Waals surface area contributed by atoms with Crippen molar-refractivity contribution >= 4 is 48.7 Å². The number of fused-ring (bicyclic) bond motifs is 1. The molecule has 2 rings (SSSR count). The monoisotopic (exact) mass is 403 g/mol. The predicted octanol–water partition coefficient (Wildman–Crippen LogP) is 3.36. The third-order valence-corrected chi connectivity index (χ3v) is 5.33. The van der Waals surface area contributed by atoms with E-state index in [9.17, 15) is 21.6 Å². The molecule has 1 aromatic rings. The first-order valence-corrected chi connectivity index (χ1v) is 8.89. The van der Waals surface area contributed by atoms with E-state index in [1.54, 1.807) is 6.07 Å². The van der Waals surface area contributed by atoms with Crippen molar-refractivity contribution in [3.8, 4) is 0 Å². The van der Waals surface area contributed by atoms with E-state index in [0.29, 0.717) is 9.99 Å². The van der Waals surface area contributed by atoms with Gasteiger partial charge in [0, 0.05) is 11.9 Å². The van der Waals surface area contributed by atoms with Crippen LogP contribution in [0.5, 0.6) is 0 Å². The van der Waals surface area contributed by atoms with Gasteiger partial charge in [-0.05, 0) is 12.1 Å². The summed E-state index contributed by atoms with van der Waals surface area (Å²) in [5, 5.41) is 0.0909. The van der Waals surface area contributed by atoms with Gasteiger partial charge in [-0.2, -0.15) is 26.2 Å². The van der Waals surface area contributed by atoms with Crippen LogP contribution in [0.3, 0.4) is 0 Å². The van der Waals surface area contributed by atoms with Crippen molar-refractivity contribution in [3.63, 3.8) is 0 Å². The van der Waals surface area contributed by atoms with E-state index in [-0.39, 0.29) is 22.5 Å². The summed E-state index contributed by atoms with van der Waals surface area (Å²) in [6.07, 6.45) is -4.62. The molecule has 0 atom stereocenters. The molecule has 1 aliphatic rings. The maximum Gasteiger partial charge on any atom is 0.402 e. The maximum absolute atomic E-state index is 12.6. The van der Waals surface area contributed by atoms with Crippen LogP contribution in [-0.2, 0) is 21.4 Å². The summed E-state index contributed by atoms with van der Waals surface area (Å²) in [7, 11) is -4.31. The second-order valence-corrected chi connectivity index (χ2v) is 7.26. The van der Waals surface area contributed by atoms with E-state index < -0.39 is 22.7 Å². The Balaban J connectivity index is 2.45. The molecular formula is C10H9BrF3N3O2S2. The van der Waals surface area contributed by atoms with Crippen molar-refractivity contribution in [2.75, 3.05) is 18.4 Å². The Kier molecular flexibility index (Phi) is 4.85. The highest BCUT2D eigenvalue weighted by Crippen LogP contribution is 2.38. The Morgan fingerprint density at radius 1 is 1.29 bits per heavy atom. The van der Waals surface area contributed by atoms with Gasteiger partial charge in [0.2, 0.25) is 10.0 Å². The number of halogens is 4. The highest BCUT2D eigenvalue weighted by atomic mass is 79.9. The topological polar surface area (TPSA) is 62.1 Å². The summed E-state index contributed by atoms with van der Waals surface area (Å²) >= 11 is 3.77. The van der Waals surface area contributed by atoms with Gasteiger partial charge < -0.3 is 0 Å². The lowest BCUT2D eigenvalue weighted by Gasteiger charge is -2.23. The van der Waals surface area contributed by atoms with E-state index >= 15 is 0 Å². The van der Waals surface area contributed by atoms with Gasteiger partial charge in [-0.25, -0.2) is 8.42 Å². The first kappa shape index (κ1) is 16.6. The van der Waals surface area contributed by atoms with Crippen molar-refractivity contribution in [3.05, 3.63) is 18.2 Å². The molecule has 1 aromatic carbocycles. The number of hydrogen-bond acceptors (Lipinski definition) is 4. The van der Waals surface area contributed by atoms with Crippen LogP contribution in [0.2, 0.25) is 0 Å². The van der Waals surface area contributed by atoms with Gasteiger partial charge in [-0.15, -0.1) is 0 Å². The molecular weight excluding hydrogens is 395 g/mol. The van der Waals surface area contributed by atoms with Gasteiger partial charge in [0.15, 0.2) is 0 Å². The zero-order valence-electron chi connectivity index (χ0n) is 10.3. The van der Waals surface area contributed by atoms with Crippen LogP contribution in [0.15, 0.2) is 31.8 Å². The minimum absolute atomic E-state index is 0.0873. The molecule has 0 fully saturated rings. The van der Waals surface area contributed by atoms with E-state index in [1.807, 2.05) is 0 Å². The van der Waals surface area contributed by atoms with Crippen LogP contribution >= 0.6 is 15.9 Å². The lowest BCUT2D eigenvalue weighted by Crippen LogP contribution is -2.40. The maximum atomic E-state index is 12.6. The molecule has 0 saturated heterocycles. The van der Waals surface area contributed by atoms with Gasteiger partial charge in [0.1, 0.15) is 22.8 Å². The van der Waals surface area contributed by atoms with Gasteiger partial charge in [-0.1, -0.05) is 22.0 Å². The minimum Gasteiger partial charge on any atom is -0.207 e. The molecule has 1 aliphatic heterocycles. The first-order chi connectivity index (χ1) is 9.75. The third-order valence-electron chi connectivity index (χ3n) is 2.56. The number of sulfonamides is 1. The molecule has 1 heterocycles. The molecule has 0 saturated carbocycles. The molecule has 0 unspecified atom stereocenters.